The van der Waals surface area contributed by atoms with E-state index in [0.29, 0.717) is 5.75 Å². The van der Waals surface area contributed by atoms with Crippen LogP contribution in [0.25, 0.3) is 0 Å². The smallest absolute Gasteiger partial charge is 0.235 e. The number of thioether (sulfide) groups is 1. The minimum absolute atomic E-state index is 0.284. The topological polar surface area (TPSA) is 68.0 Å². The van der Waals surface area contributed by atoms with Crippen molar-refractivity contribution in [1.29, 1.82) is 0 Å². The first-order valence-corrected chi connectivity index (χ1v) is 5.22. The van der Waals surface area contributed by atoms with Crippen LogP contribution in [-0.2, 0) is 4.79 Å². The zero-order chi connectivity index (χ0) is 10.4. The molecule has 1 amide bonds. The van der Waals surface area contributed by atoms with Crippen molar-refractivity contribution in [3.63, 3.8) is 0 Å². The van der Waals surface area contributed by atoms with Gasteiger partial charge >= 0.3 is 0 Å². The maximum absolute atomic E-state index is 10.9. The third kappa shape index (κ3) is 3.35. The Morgan fingerprint density at radius 2 is 2.29 bits per heavy atom. The molecule has 1 aromatic heterocycles. The summed E-state index contributed by atoms with van der Waals surface area (Å²) in [5.74, 6) is 0.310. The molecule has 1 unspecified atom stereocenters. The van der Waals surface area contributed by atoms with Crippen LogP contribution in [0.3, 0.4) is 0 Å². The molecule has 1 heterocycles. The number of rotatable bonds is 5. The highest BCUT2D eigenvalue weighted by Gasteiger charge is 2.12. The molecular formula is C9H13N3OS. The number of likely N-dealkylation sites (N-methyl/N-ethyl adjacent to an activating group) is 1. The predicted molar refractivity (Wildman–Crippen MR) is 57.0 cm³/mol. The summed E-state index contributed by atoms with van der Waals surface area (Å²) in [6.45, 7) is 0. The normalized spacial score (nSPS) is 12.4. The molecule has 0 aliphatic carbocycles. The first-order chi connectivity index (χ1) is 6.74. The largest absolute Gasteiger partial charge is 0.368 e. The SMILES string of the molecule is CNC(CSc1ccncc1)C(N)=O. The molecule has 0 aromatic carbocycles. The molecule has 5 heteroatoms. The number of pyridine rings is 1. The Hall–Kier alpha value is -1.07. The average molecular weight is 211 g/mol. The molecule has 1 atom stereocenters. The van der Waals surface area contributed by atoms with Gasteiger partial charge in [0.1, 0.15) is 0 Å². The van der Waals surface area contributed by atoms with Crippen LogP contribution in [0.15, 0.2) is 29.4 Å². The van der Waals surface area contributed by atoms with Crippen molar-refractivity contribution in [3.05, 3.63) is 24.5 Å². The Morgan fingerprint density at radius 1 is 1.64 bits per heavy atom. The fourth-order valence-electron chi connectivity index (χ4n) is 0.922. The number of carbonyl (C=O) groups is 1. The molecule has 4 nitrogen and oxygen atoms in total. The maximum atomic E-state index is 10.9. The molecule has 1 aromatic rings. The van der Waals surface area contributed by atoms with Gasteiger partial charge in [-0.25, -0.2) is 0 Å². The first kappa shape index (κ1) is 11.0. The van der Waals surface area contributed by atoms with E-state index in [2.05, 4.69) is 10.3 Å². The van der Waals surface area contributed by atoms with Gasteiger partial charge in [0.25, 0.3) is 0 Å². The number of nitrogens with zero attached hydrogens (tertiary/aromatic N) is 1. The van der Waals surface area contributed by atoms with E-state index in [0.717, 1.165) is 4.90 Å². The molecule has 0 aliphatic heterocycles. The number of primary amides is 1. The van der Waals surface area contributed by atoms with Crippen molar-refractivity contribution in [3.8, 4) is 0 Å². The Morgan fingerprint density at radius 3 is 2.79 bits per heavy atom. The molecule has 0 saturated carbocycles. The van der Waals surface area contributed by atoms with E-state index in [-0.39, 0.29) is 11.9 Å². The summed E-state index contributed by atoms with van der Waals surface area (Å²) in [6.07, 6.45) is 3.45. The second-order valence-corrected chi connectivity index (χ2v) is 3.83. The summed E-state index contributed by atoms with van der Waals surface area (Å²) in [5.41, 5.74) is 5.18. The van der Waals surface area contributed by atoms with Crippen molar-refractivity contribution in [2.45, 2.75) is 10.9 Å². The third-order valence-electron chi connectivity index (χ3n) is 1.76. The van der Waals surface area contributed by atoms with E-state index < -0.39 is 0 Å². The van der Waals surface area contributed by atoms with E-state index in [1.807, 2.05) is 12.1 Å². The Kier molecular flexibility index (Phi) is 4.42. The van der Waals surface area contributed by atoms with Gasteiger partial charge in [-0.3, -0.25) is 9.78 Å². The standard InChI is InChI=1S/C9H13N3OS/c1-11-8(9(10)13)6-14-7-2-4-12-5-3-7/h2-5,8,11H,6H2,1H3,(H2,10,13). The van der Waals surface area contributed by atoms with E-state index in [1.54, 1.807) is 31.2 Å². The Bertz CT molecular complexity index is 291. The fraction of sp³-hybridized carbons (Fsp3) is 0.333. The minimum atomic E-state index is -0.325. The quantitative estimate of drug-likeness (QED) is 0.685. The lowest BCUT2D eigenvalue weighted by Gasteiger charge is -2.10. The highest BCUT2D eigenvalue weighted by molar-refractivity contribution is 7.99. The fourth-order valence-corrected chi connectivity index (χ4v) is 1.93. The molecule has 0 aliphatic rings. The molecular weight excluding hydrogens is 198 g/mol. The zero-order valence-electron chi connectivity index (χ0n) is 7.93. The summed E-state index contributed by atoms with van der Waals surface area (Å²) in [7, 11) is 1.72. The molecule has 0 spiro atoms. The molecule has 1 rings (SSSR count). The Labute approximate surface area is 87.3 Å². The van der Waals surface area contributed by atoms with Crippen molar-refractivity contribution in [1.82, 2.24) is 10.3 Å². The van der Waals surface area contributed by atoms with Crippen LogP contribution in [-0.4, -0.2) is 29.7 Å². The van der Waals surface area contributed by atoms with Gasteiger partial charge in [0.15, 0.2) is 0 Å². The molecule has 76 valence electrons. The molecule has 0 bridgehead atoms. The number of hydrogen-bond donors (Lipinski definition) is 2. The number of carbonyl (C=O) groups excluding carboxylic acids is 1. The van der Waals surface area contributed by atoms with Gasteiger partial charge < -0.3 is 11.1 Å². The summed E-state index contributed by atoms with van der Waals surface area (Å²) >= 11 is 1.58. The van der Waals surface area contributed by atoms with Crippen LogP contribution in [0.5, 0.6) is 0 Å². The summed E-state index contributed by atoms with van der Waals surface area (Å²) < 4.78 is 0. The van der Waals surface area contributed by atoms with E-state index in [1.165, 1.54) is 0 Å². The molecule has 0 fully saturated rings. The highest BCUT2D eigenvalue weighted by Crippen LogP contribution is 2.16. The first-order valence-electron chi connectivity index (χ1n) is 4.23. The van der Waals surface area contributed by atoms with Gasteiger partial charge in [-0.05, 0) is 19.2 Å². The summed E-state index contributed by atoms with van der Waals surface area (Å²) in [4.78, 5) is 15.9. The van der Waals surface area contributed by atoms with Crippen LogP contribution in [0, 0.1) is 0 Å². The number of amides is 1. The molecule has 3 N–H and O–H groups in total. The molecule has 0 radical (unpaired) electrons. The summed E-state index contributed by atoms with van der Waals surface area (Å²) in [6, 6.07) is 3.52. The lowest BCUT2D eigenvalue weighted by molar-refractivity contribution is -0.119. The molecule has 14 heavy (non-hydrogen) atoms. The minimum Gasteiger partial charge on any atom is -0.368 e. The van der Waals surface area contributed by atoms with Gasteiger partial charge in [-0.1, -0.05) is 0 Å². The van der Waals surface area contributed by atoms with Crippen molar-refractivity contribution in [2.24, 2.45) is 5.73 Å². The number of aromatic nitrogens is 1. The van der Waals surface area contributed by atoms with E-state index in [9.17, 15) is 4.79 Å². The van der Waals surface area contributed by atoms with E-state index >= 15 is 0 Å². The number of nitrogens with one attached hydrogen (secondary N) is 1. The number of nitrogens with two attached hydrogens (primary N) is 1. The molecule has 0 saturated heterocycles. The maximum Gasteiger partial charge on any atom is 0.235 e. The van der Waals surface area contributed by atoms with Gasteiger partial charge in [0.05, 0.1) is 6.04 Å². The van der Waals surface area contributed by atoms with Crippen LogP contribution in [0.4, 0.5) is 0 Å². The lowest BCUT2D eigenvalue weighted by Crippen LogP contribution is -2.41. The third-order valence-corrected chi connectivity index (χ3v) is 2.86. The van der Waals surface area contributed by atoms with Gasteiger partial charge in [-0.2, -0.15) is 0 Å². The average Bonchev–Trinajstić information content (AvgIpc) is 2.20. The Balaban J connectivity index is 2.44. The second kappa shape index (κ2) is 5.62. The van der Waals surface area contributed by atoms with Crippen LogP contribution >= 0.6 is 11.8 Å². The predicted octanol–water partition coefficient (Wildman–Crippen LogP) is 0.247. The summed E-state index contributed by atoms with van der Waals surface area (Å²) in [5, 5.41) is 2.86. The van der Waals surface area contributed by atoms with Crippen LogP contribution in [0.2, 0.25) is 0 Å². The van der Waals surface area contributed by atoms with Gasteiger partial charge in [0, 0.05) is 23.0 Å². The van der Waals surface area contributed by atoms with Gasteiger partial charge in [-0.15, -0.1) is 11.8 Å². The van der Waals surface area contributed by atoms with Crippen molar-refractivity contribution in [2.75, 3.05) is 12.8 Å². The lowest BCUT2D eigenvalue weighted by atomic mass is 10.3. The second-order valence-electron chi connectivity index (χ2n) is 2.74. The van der Waals surface area contributed by atoms with E-state index in [4.69, 9.17) is 5.73 Å². The van der Waals surface area contributed by atoms with Crippen LogP contribution < -0.4 is 11.1 Å². The van der Waals surface area contributed by atoms with Crippen molar-refractivity contribution < 1.29 is 4.79 Å². The van der Waals surface area contributed by atoms with Gasteiger partial charge in [0.2, 0.25) is 5.91 Å². The zero-order valence-corrected chi connectivity index (χ0v) is 8.75. The van der Waals surface area contributed by atoms with Crippen LogP contribution in [0.1, 0.15) is 0 Å². The highest BCUT2D eigenvalue weighted by atomic mass is 32.2. The number of hydrogen-bond acceptors (Lipinski definition) is 4. The van der Waals surface area contributed by atoms with Crippen molar-refractivity contribution >= 4 is 17.7 Å². The monoisotopic (exact) mass is 211 g/mol.